The predicted octanol–water partition coefficient (Wildman–Crippen LogP) is 1.93. The lowest BCUT2D eigenvalue weighted by Gasteiger charge is -2.07. The van der Waals surface area contributed by atoms with E-state index in [1.54, 1.807) is 17.6 Å². The minimum atomic E-state index is -0.212. The first kappa shape index (κ1) is 12.4. The fourth-order valence-corrected chi connectivity index (χ4v) is 1.91. The number of carbonyl (C=O) groups excluding carboxylic acids is 1. The SMILES string of the molecule is CCNc1cc(C(=O)Nc2nncs2)cc(C)n1. The zero-order chi connectivity index (χ0) is 13.0. The average molecular weight is 263 g/mol. The summed E-state index contributed by atoms with van der Waals surface area (Å²) in [4.78, 5) is 16.3. The van der Waals surface area contributed by atoms with Crippen LogP contribution >= 0.6 is 11.3 Å². The molecule has 2 rings (SSSR count). The molecule has 0 aromatic carbocycles. The summed E-state index contributed by atoms with van der Waals surface area (Å²) < 4.78 is 0. The monoisotopic (exact) mass is 263 g/mol. The van der Waals surface area contributed by atoms with Gasteiger partial charge >= 0.3 is 0 Å². The Morgan fingerprint density at radius 3 is 2.94 bits per heavy atom. The second-order valence-corrected chi connectivity index (χ2v) is 4.44. The topological polar surface area (TPSA) is 79.8 Å². The van der Waals surface area contributed by atoms with Gasteiger partial charge in [0, 0.05) is 17.8 Å². The molecule has 0 aliphatic carbocycles. The first-order chi connectivity index (χ1) is 8.69. The molecule has 1 amide bonds. The van der Waals surface area contributed by atoms with Gasteiger partial charge in [0.05, 0.1) is 0 Å². The maximum Gasteiger partial charge on any atom is 0.257 e. The molecule has 2 aromatic heterocycles. The average Bonchev–Trinajstić information content (AvgIpc) is 2.81. The lowest BCUT2D eigenvalue weighted by Crippen LogP contribution is -2.13. The second kappa shape index (κ2) is 5.54. The standard InChI is InChI=1S/C11H13N5OS/c1-3-12-9-5-8(4-7(2)14-9)10(17)15-11-16-13-6-18-11/h4-6H,3H2,1-2H3,(H,12,14)(H,15,16,17). The summed E-state index contributed by atoms with van der Waals surface area (Å²) in [6.07, 6.45) is 0. The van der Waals surface area contributed by atoms with Crippen molar-refractivity contribution in [1.82, 2.24) is 15.2 Å². The quantitative estimate of drug-likeness (QED) is 0.881. The van der Waals surface area contributed by atoms with Crippen LogP contribution in [0.3, 0.4) is 0 Å². The van der Waals surface area contributed by atoms with Gasteiger partial charge in [-0.2, -0.15) is 0 Å². The molecule has 0 saturated heterocycles. The van der Waals surface area contributed by atoms with Gasteiger partial charge in [-0.15, -0.1) is 10.2 Å². The number of nitrogens with one attached hydrogen (secondary N) is 2. The molecule has 7 heteroatoms. The fourth-order valence-electron chi connectivity index (χ4n) is 1.47. The Morgan fingerprint density at radius 2 is 2.28 bits per heavy atom. The lowest BCUT2D eigenvalue weighted by atomic mass is 10.2. The Kier molecular flexibility index (Phi) is 3.83. The van der Waals surface area contributed by atoms with E-state index < -0.39 is 0 Å². The lowest BCUT2D eigenvalue weighted by molar-refractivity contribution is 0.102. The molecule has 2 N–H and O–H groups in total. The van der Waals surface area contributed by atoms with E-state index in [2.05, 4.69) is 25.8 Å². The van der Waals surface area contributed by atoms with Crippen molar-refractivity contribution < 1.29 is 4.79 Å². The van der Waals surface area contributed by atoms with Crippen molar-refractivity contribution in [2.24, 2.45) is 0 Å². The third-order valence-electron chi connectivity index (χ3n) is 2.15. The molecular formula is C11H13N5OS. The summed E-state index contributed by atoms with van der Waals surface area (Å²) in [7, 11) is 0. The molecule has 0 aliphatic heterocycles. The highest BCUT2D eigenvalue weighted by atomic mass is 32.1. The summed E-state index contributed by atoms with van der Waals surface area (Å²) in [5, 5.41) is 13.7. The van der Waals surface area contributed by atoms with Crippen LogP contribution in [-0.2, 0) is 0 Å². The van der Waals surface area contributed by atoms with Crippen LogP contribution < -0.4 is 10.6 Å². The number of nitrogens with zero attached hydrogens (tertiary/aromatic N) is 3. The zero-order valence-corrected chi connectivity index (χ0v) is 10.9. The van der Waals surface area contributed by atoms with Crippen molar-refractivity contribution in [3.8, 4) is 0 Å². The summed E-state index contributed by atoms with van der Waals surface area (Å²) in [5.41, 5.74) is 2.90. The first-order valence-corrected chi connectivity index (χ1v) is 6.37. The molecule has 0 spiro atoms. The Bertz CT molecular complexity index is 540. The number of hydrogen-bond acceptors (Lipinski definition) is 6. The fraction of sp³-hybridized carbons (Fsp3) is 0.273. The zero-order valence-electron chi connectivity index (χ0n) is 10.1. The van der Waals surface area contributed by atoms with Crippen LogP contribution in [0, 0.1) is 6.92 Å². The number of pyridine rings is 1. The molecule has 6 nitrogen and oxygen atoms in total. The van der Waals surface area contributed by atoms with E-state index in [0.29, 0.717) is 16.5 Å². The van der Waals surface area contributed by atoms with E-state index >= 15 is 0 Å². The predicted molar refractivity (Wildman–Crippen MR) is 71.0 cm³/mol. The normalized spacial score (nSPS) is 10.1. The Labute approximate surface area is 108 Å². The number of amides is 1. The van der Waals surface area contributed by atoms with E-state index in [1.807, 2.05) is 13.8 Å². The number of aryl methyl sites for hydroxylation is 1. The van der Waals surface area contributed by atoms with E-state index in [0.717, 1.165) is 12.2 Å². The largest absolute Gasteiger partial charge is 0.370 e. The van der Waals surface area contributed by atoms with Gasteiger partial charge in [-0.3, -0.25) is 10.1 Å². The minimum absolute atomic E-state index is 0.212. The Hall–Kier alpha value is -2.02. The molecule has 0 radical (unpaired) electrons. The van der Waals surface area contributed by atoms with Crippen molar-refractivity contribution in [3.05, 3.63) is 28.9 Å². The third kappa shape index (κ3) is 3.01. The summed E-state index contributed by atoms with van der Waals surface area (Å²) >= 11 is 1.28. The first-order valence-electron chi connectivity index (χ1n) is 5.49. The summed E-state index contributed by atoms with van der Waals surface area (Å²) in [5.74, 6) is 0.483. The van der Waals surface area contributed by atoms with Gasteiger partial charge in [0.1, 0.15) is 11.3 Å². The van der Waals surface area contributed by atoms with Crippen molar-refractivity contribution in [3.63, 3.8) is 0 Å². The van der Waals surface area contributed by atoms with E-state index in [1.165, 1.54) is 11.3 Å². The van der Waals surface area contributed by atoms with Crippen molar-refractivity contribution in [2.75, 3.05) is 17.2 Å². The number of hydrogen-bond donors (Lipinski definition) is 2. The molecule has 0 saturated carbocycles. The van der Waals surface area contributed by atoms with Crippen LogP contribution in [0.4, 0.5) is 10.9 Å². The second-order valence-electron chi connectivity index (χ2n) is 3.61. The van der Waals surface area contributed by atoms with Gasteiger partial charge in [0.2, 0.25) is 5.13 Å². The third-order valence-corrected chi connectivity index (χ3v) is 2.76. The molecule has 0 atom stereocenters. The van der Waals surface area contributed by atoms with Gasteiger partial charge in [-0.25, -0.2) is 4.98 Å². The highest BCUT2D eigenvalue weighted by molar-refractivity contribution is 7.13. The van der Waals surface area contributed by atoms with Crippen LogP contribution in [0.1, 0.15) is 23.0 Å². The molecule has 2 heterocycles. The van der Waals surface area contributed by atoms with Gasteiger partial charge in [-0.1, -0.05) is 11.3 Å². The molecule has 2 aromatic rings. The molecular weight excluding hydrogens is 250 g/mol. The molecule has 0 aliphatic rings. The van der Waals surface area contributed by atoms with Crippen molar-refractivity contribution >= 4 is 28.2 Å². The highest BCUT2D eigenvalue weighted by Crippen LogP contribution is 2.14. The molecule has 0 unspecified atom stereocenters. The van der Waals surface area contributed by atoms with E-state index in [4.69, 9.17) is 0 Å². The Morgan fingerprint density at radius 1 is 1.44 bits per heavy atom. The smallest absolute Gasteiger partial charge is 0.257 e. The Balaban J connectivity index is 2.19. The van der Waals surface area contributed by atoms with E-state index in [-0.39, 0.29) is 5.91 Å². The molecule has 0 fully saturated rings. The van der Waals surface area contributed by atoms with Crippen LogP contribution in [-0.4, -0.2) is 27.6 Å². The van der Waals surface area contributed by atoms with Gasteiger partial charge < -0.3 is 5.32 Å². The van der Waals surface area contributed by atoms with Gasteiger partial charge in [0.15, 0.2) is 0 Å². The maximum atomic E-state index is 12.0. The number of aromatic nitrogens is 3. The molecule has 94 valence electrons. The minimum Gasteiger partial charge on any atom is -0.370 e. The van der Waals surface area contributed by atoms with Gasteiger partial charge in [-0.05, 0) is 26.0 Å². The number of carbonyl (C=O) groups is 1. The van der Waals surface area contributed by atoms with Crippen molar-refractivity contribution in [2.45, 2.75) is 13.8 Å². The highest BCUT2D eigenvalue weighted by Gasteiger charge is 2.10. The van der Waals surface area contributed by atoms with E-state index in [9.17, 15) is 4.79 Å². The van der Waals surface area contributed by atoms with Gasteiger partial charge in [0.25, 0.3) is 5.91 Å². The van der Waals surface area contributed by atoms with Crippen LogP contribution in [0.2, 0.25) is 0 Å². The number of rotatable bonds is 4. The van der Waals surface area contributed by atoms with Crippen LogP contribution in [0.25, 0.3) is 0 Å². The summed E-state index contributed by atoms with van der Waals surface area (Å²) in [6.45, 7) is 4.58. The summed E-state index contributed by atoms with van der Waals surface area (Å²) in [6, 6.07) is 3.45. The maximum absolute atomic E-state index is 12.0. The van der Waals surface area contributed by atoms with Crippen molar-refractivity contribution in [1.29, 1.82) is 0 Å². The molecule has 0 bridgehead atoms. The van der Waals surface area contributed by atoms with Crippen LogP contribution in [0.5, 0.6) is 0 Å². The number of anilines is 2. The molecule has 18 heavy (non-hydrogen) atoms. The van der Waals surface area contributed by atoms with Crippen LogP contribution in [0.15, 0.2) is 17.6 Å².